The monoisotopic (exact) mass is 272 g/mol. The van der Waals surface area contributed by atoms with Crippen LogP contribution in [0.15, 0.2) is 0 Å². The first-order valence-electron chi connectivity index (χ1n) is 7.39. The first-order chi connectivity index (χ1) is 8.32. The normalized spacial score (nSPS) is 30.7. The van der Waals surface area contributed by atoms with E-state index in [1.807, 2.05) is 0 Å². The lowest BCUT2D eigenvalue weighted by Gasteiger charge is -2.50. The molecule has 0 amide bonds. The summed E-state index contributed by atoms with van der Waals surface area (Å²) in [7, 11) is 0. The molecular formula is C15H32N2S. The van der Waals surface area contributed by atoms with Crippen LogP contribution in [0.25, 0.3) is 0 Å². The van der Waals surface area contributed by atoms with Gasteiger partial charge in [-0.25, -0.2) is 0 Å². The molecule has 1 saturated heterocycles. The predicted molar refractivity (Wildman–Crippen MR) is 84.5 cm³/mol. The number of rotatable bonds is 5. The van der Waals surface area contributed by atoms with Gasteiger partial charge in [-0.2, -0.15) is 11.8 Å². The molecule has 2 unspecified atom stereocenters. The largest absolute Gasteiger partial charge is 0.309 e. The van der Waals surface area contributed by atoms with Crippen molar-refractivity contribution < 1.29 is 0 Å². The van der Waals surface area contributed by atoms with Gasteiger partial charge >= 0.3 is 0 Å². The molecule has 3 heteroatoms. The minimum absolute atomic E-state index is 0.304. The Morgan fingerprint density at radius 2 is 2.00 bits per heavy atom. The maximum absolute atomic E-state index is 3.77. The summed E-state index contributed by atoms with van der Waals surface area (Å²) in [5.74, 6) is 2.50. The highest BCUT2D eigenvalue weighted by Crippen LogP contribution is 2.29. The van der Waals surface area contributed by atoms with Crippen molar-refractivity contribution in [3.63, 3.8) is 0 Å². The van der Waals surface area contributed by atoms with Gasteiger partial charge in [0.25, 0.3) is 0 Å². The first-order valence-corrected chi connectivity index (χ1v) is 8.54. The van der Waals surface area contributed by atoms with E-state index in [2.05, 4.69) is 63.5 Å². The van der Waals surface area contributed by atoms with E-state index >= 15 is 0 Å². The molecule has 0 aliphatic carbocycles. The summed E-state index contributed by atoms with van der Waals surface area (Å²) >= 11 is 2.06. The lowest BCUT2D eigenvalue weighted by Crippen LogP contribution is -2.65. The standard InChI is InChI=1S/C15H32N2S/c1-7-15(6)12-17(9-10-18-8-2)13(11-16-15)14(3,4)5/h13,16H,7-12H2,1-6H3. The van der Waals surface area contributed by atoms with E-state index in [4.69, 9.17) is 0 Å². The van der Waals surface area contributed by atoms with Crippen LogP contribution in [-0.4, -0.2) is 47.6 Å². The van der Waals surface area contributed by atoms with Gasteiger partial charge in [-0.15, -0.1) is 0 Å². The molecule has 0 radical (unpaired) electrons. The van der Waals surface area contributed by atoms with Crippen molar-refractivity contribution in [3.8, 4) is 0 Å². The SMILES string of the molecule is CCSCCN1CC(C)(CC)NCC1C(C)(C)C. The molecule has 1 heterocycles. The Labute approximate surface area is 118 Å². The van der Waals surface area contributed by atoms with Crippen molar-refractivity contribution in [2.24, 2.45) is 5.41 Å². The van der Waals surface area contributed by atoms with Crippen LogP contribution >= 0.6 is 11.8 Å². The Morgan fingerprint density at radius 1 is 1.33 bits per heavy atom. The van der Waals surface area contributed by atoms with E-state index < -0.39 is 0 Å². The average Bonchev–Trinajstić information content (AvgIpc) is 2.28. The molecule has 0 bridgehead atoms. The zero-order valence-electron chi connectivity index (χ0n) is 13.2. The van der Waals surface area contributed by atoms with Crippen molar-refractivity contribution in [2.75, 3.05) is 31.1 Å². The number of nitrogens with one attached hydrogen (secondary N) is 1. The maximum Gasteiger partial charge on any atom is 0.0278 e. The Kier molecular flexibility index (Phi) is 6.01. The number of thioether (sulfide) groups is 1. The van der Waals surface area contributed by atoms with Gasteiger partial charge in [0.05, 0.1) is 0 Å². The third-order valence-corrected chi connectivity index (χ3v) is 5.10. The molecule has 0 aromatic heterocycles. The number of hydrogen-bond donors (Lipinski definition) is 1. The van der Waals surface area contributed by atoms with Crippen LogP contribution in [0.4, 0.5) is 0 Å². The molecule has 2 nitrogen and oxygen atoms in total. The molecule has 1 N–H and O–H groups in total. The highest BCUT2D eigenvalue weighted by Gasteiger charge is 2.39. The summed E-state index contributed by atoms with van der Waals surface area (Å²) in [5.41, 5.74) is 0.664. The lowest BCUT2D eigenvalue weighted by molar-refractivity contribution is 0.0313. The van der Waals surface area contributed by atoms with Crippen molar-refractivity contribution in [3.05, 3.63) is 0 Å². The highest BCUT2D eigenvalue weighted by molar-refractivity contribution is 7.99. The molecule has 108 valence electrons. The second kappa shape index (κ2) is 6.62. The van der Waals surface area contributed by atoms with Crippen LogP contribution < -0.4 is 5.32 Å². The summed E-state index contributed by atoms with van der Waals surface area (Å²) in [6.45, 7) is 17.6. The smallest absolute Gasteiger partial charge is 0.0278 e. The molecule has 0 spiro atoms. The molecular weight excluding hydrogens is 240 g/mol. The van der Waals surface area contributed by atoms with Crippen LogP contribution in [0.1, 0.15) is 48.0 Å². The second-order valence-electron chi connectivity index (χ2n) is 6.84. The third kappa shape index (κ3) is 4.43. The lowest BCUT2D eigenvalue weighted by atomic mass is 9.81. The first kappa shape index (κ1) is 16.3. The van der Waals surface area contributed by atoms with Crippen molar-refractivity contribution >= 4 is 11.8 Å². The van der Waals surface area contributed by atoms with E-state index in [1.165, 1.54) is 31.0 Å². The molecule has 0 aromatic rings. The molecule has 1 aliphatic rings. The van der Waals surface area contributed by atoms with E-state index in [0.29, 0.717) is 17.0 Å². The fourth-order valence-corrected chi connectivity index (χ4v) is 3.39. The zero-order valence-corrected chi connectivity index (χ0v) is 14.0. The zero-order chi connectivity index (χ0) is 13.8. The van der Waals surface area contributed by atoms with Crippen LogP contribution in [0.2, 0.25) is 0 Å². The molecule has 0 aromatic carbocycles. The summed E-state index contributed by atoms with van der Waals surface area (Å²) in [6, 6.07) is 0.662. The van der Waals surface area contributed by atoms with Crippen LogP contribution in [0.3, 0.4) is 0 Å². The van der Waals surface area contributed by atoms with E-state index in [9.17, 15) is 0 Å². The molecule has 1 aliphatic heterocycles. The summed E-state index contributed by atoms with van der Waals surface area (Å²) in [4.78, 5) is 2.72. The fourth-order valence-electron chi connectivity index (χ4n) is 2.74. The van der Waals surface area contributed by atoms with Crippen molar-refractivity contribution in [1.29, 1.82) is 0 Å². The fraction of sp³-hybridized carbons (Fsp3) is 1.00. The van der Waals surface area contributed by atoms with Gasteiger partial charge in [0.15, 0.2) is 0 Å². The minimum Gasteiger partial charge on any atom is -0.309 e. The number of piperazine rings is 1. The summed E-state index contributed by atoms with van der Waals surface area (Å²) in [5, 5.41) is 3.77. The summed E-state index contributed by atoms with van der Waals surface area (Å²) in [6.07, 6.45) is 1.21. The Bertz CT molecular complexity index is 249. The highest BCUT2D eigenvalue weighted by atomic mass is 32.2. The average molecular weight is 273 g/mol. The second-order valence-corrected chi connectivity index (χ2v) is 8.24. The molecule has 1 fully saturated rings. The van der Waals surface area contributed by atoms with Crippen molar-refractivity contribution in [2.45, 2.75) is 59.5 Å². The summed E-state index contributed by atoms with van der Waals surface area (Å²) < 4.78 is 0. The topological polar surface area (TPSA) is 15.3 Å². The quantitative estimate of drug-likeness (QED) is 0.774. The van der Waals surface area contributed by atoms with E-state index in [-0.39, 0.29) is 0 Å². The molecule has 0 saturated carbocycles. The van der Waals surface area contributed by atoms with Gasteiger partial charge in [0.2, 0.25) is 0 Å². The third-order valence-electron chi connectivity index (χ3n) is 4.22. The maximum atomic E-state index is 3.77. The Hall–Kier alpha value is 0.270. The van der Waals surface area contributed by atoms with Crippen LogP contribution in [0, 0.1) is 5.41 Å². The van der Waals surface area contributed by atoms with E-state index in [0.717, 1.165) is 6.54 Å². The van der Waals surface area contributed by atoms with Gasteiger partial charge in [-0.05, 0) is 24.5 Å². The minimum atomic E-state index is 0.304. The number of nitrogens with zero attached hydrogens (tertiary/aromatic N) is 1. The van der Waals surface area contributed by atoms with Gasteiger partial charge in [-0.1, -0.05) is 34.6 Å². The van der Waals surface area contributed by atoms with Crippen LogP contribution in [0.5, 0.6) is 0 Å². The van der Waals surface area contributed by atoms with Crippen molar-refractivity contribution in [1.82, 2.24) is 10.2 Å². The molecule has 2 atom stereocenters. The number of hydrogen-bond acceptors (Lipinski definition) is 3. The predicted octanol–water partition coefficient (Wildman–Crippen LogP) is 3.23. The Morgan fingerprint density at radius 3 is 2.50 bits per heavy atom. The van der Waals surface area contributed by atoms with Gasteiger partial charge in [-0.3, -0.25) is 4.90 Å². The Balaban J connectivity index is 2.67. The van der Waals surface area contributed by atoms with Crippen LogP contribution in [-0.2, 0) is 0 Å². The molecule has 18 heavy (non-hydrogen) atoms. The van der Waals surface area contributed by atoms with Gasteiger partial charge < -0.3 is 5.32 Å². The molecule has 1 rings (SSSR count). The van der Waals surface area contributed by atoms with E-state index in [1.54, 1.807) is 0 Å². The van der Waals surface area contributed by atoms with Gasteiger partial charge in [0.1, 0.15) is 0 Å². The van der Waals surface area contributed by atoms with Gasteiger partial charge in [0, 0.05) is 37.0 Å².